The topological polar surface area (TPSA) is 8.17 Å². The number of benzene rings is 11. The normalized spacial score (nSPS) is 15.3. The molecule has 0 saturated heterocycles. The molecule has 0 radical (unpaired) electrons. The molecule has 1 atom stereocenters. The van der Waals surface area contributed by atoms with Crippen LogP contribution in [-0.2, 0) is 10.8 Å². The SMILES string of the molecule is CC1(c2ccccc2)c2cc(N3c4ccc(-c5ccccc5)cc4C(c4ccccc4)(c4ccccc4)c4cc(-c5ccccc5)ccc43)ccc2-c2c(-n3c4ccccc4c4ccccc43)cccc21. The van der Waals surface area contributed by atoms with E-state index in [0.717, 1.165) is 17.1 Å². The minimum Gasteiger partial charge on any atom is -0.310 e. The highest BCUT2D eigenvalue weighted by molar-refractivity contribution is 6.10. The lowest BCUT2D eigenvalue weighted by Gasteiger charge is -2.47. The van der Waals surface area contributed by atoms with Crippen molar-refractivity contribution in [3.05, 3.63) is 312 Å². The van der Waals surface area contributed by atoms with E-state index in [1.807, 2.05) is 0 Å². The van der Waals surface area contributed by atoms with Gasteiger partial charge >= 0.3 is 0 Å². The summed E-state index contributed by atoms with van der Waals surface area (Å²) in [6.45, 7) is 2.44. The standard InChI is InChI=1S/C69H48N2/c1-68(51-26-11-4-12-27-51)58-34-21-37-66(71-62-35-19-17-32-55(62)56-33-18-20-36-63(56)71)67(58)57-41-40-54(46-59(57)68)70-64-42-38-49(47-22-7-2-8-23-47)44-60(64)69(52-28-13-5-14-29-52,53-30-15-6-16-31-53)61-45-50(39-43-65(61)70)48-24-9-3-10-25-48/h2-46H,1H3. The summed E-state index contributed by atoms with van der Waals surface area (Å²) in [6.07, 6.45) is 0. The Morgan fingerprint density at radius 3 is 1.30 bits per heavy atom. The third-order valence-corrected chi connectivity index (χ3v) is 15.7. The Balaban J connectivity index is 1.07. The minimum absolute atomic E-state index is 0.468. The number of para-hydroxylation sites is 2. The molecule has 2 heteroatoms. The summed E-state index contributed by atoms with van der Waals surface area (Å²) in [4.78, 5) is 2.56. The Hall–Kier alpha value is -8.98. The van der Waals surface area contributed by atoms with E-state index in [2.05, 4.69) is 289 Å². The second-order valence-corrected chi connectivity index (χ2v) is 19.3. The number of hydrogen-bond donors (Lipinski definition) is 0. The van der Waals surface area contributed by atoms with Crippen LogP contribution in [0.1, 0.15) is 45.9 Å². The van der Waals surface area contributed by atoms with Gasteiger partial charge in [0.05, 0.1) is 33.5 Å². The molecule has 11 aromatic carbocycles. The Bertz CT molecular complexity index is 3800. The predicted molar refractivity (Wildman–Crippen MR) is 296 cm³/mol. The van der Waals surface area contributed by atoms with Crippen molar-refractivity contribution in [2.75, 3.05) is 4.90 Å². The number of aromatic nitrogens is 1. The molecule has 1 aliphatic carbocycles. The smallest absolute Gasteiger partial charge is 0.0742 e. The Kier molecular flexibility index (Phi) is 9.28. The molecule has 0 bridgehead atoms. The van der Waals surface area contributed by atoms with Gasteiger partial charge in [0.2, 0.25) is 0 Å². The molecule has 0 N–H and O–H groups in total. The molecule has 12 aromatic rings. The number of fused-ring (bicyclic) bond motifs is 8. The van der Waals surface area contributed by atoms with Crippen LogP contribution in [0.3, 0.4) is 0 Å². The largest absolute Gasteiger partial charge is 0.310 e. The highest BCUT2D eigenvalue weighted by Crippen LogP contribution is 2.61. The molecule has 14 rings (SSSR count). The first-order valence-corrected chi connectivity index (χ1v) is 24.8. The van der Waals surface area contributed by atoms with Crippen LogP contribution in [0.5, 0.6) is 0 Å². The van der Waals surface area contributed by atoms with E-state index in [4.69, 9.17) is 0 Å². The summed E-state index contributed by atoms with van der Waals surface area (Å²) in [5.74, 6) is 0. The van der Waals surface area contributed by atoms with E-state index < -0.39 is 10.8 Å². The zero-order valence-electron chi connectivity index (χ0n) is 39.4. The van der Waals surface area contributed by atoms with Gasteiger partial charge in [-0.05, 0) is 128 Å². The summed E-state index contributed by atoms with van der Waals surface area (Å²) in [6, 6.07) is 102. The van der Waals surface area contributed by atoms with Crippen LogP contribution >= 0.6 is 0 Å². The average Bonchev–Trinajstić information content (AvgIpc) is 3.92. The average molecular weight is 905 g/mol. The van der Waals surface area contributed by atoms with Gasteiger partial charge in [0.15, 0.2) is 0 Å². The van der Waals surface area contributed by atoms with E-state index in [1.54, 1.807) is 0 Å². The lowest BCUT2D eigenvalue weighted by Crippen LogP contribution is -2.38. The first-order valence-electron chi connectivity index (χ1n) is 24.8. The second-order valence-electron chi connectivity index (χ2n) is 19.3. The van der Waals surface area contributed by atoms with Crippen LogP contribution < -0.4 is 4.90 Å². The molecule has 334 valence electrons. The van der Waals surface area contributed by atoms with E-state index in [0.29, 0.717) is 0 Å². The Labute approximate surface area is 415 Å². The molecule has 0 spiro atoms. The fraction of sp³-hybridized carbons (Fsp3) is 0.0435. The van der Waals surface area contributed by atoms with Gasteiger partial charge in [-0.2, -0.15) is 0 Å². The van der Waals surface area contributed by atoms with Gasteiger partial charge in [-0.1, -0.05) is 218 Å². The summed E-state index contributed by atoms with van der Waals surface area (Å²) >= 11 is 0. The van der Waals surface area contributed by atoms with Crippen molar-refractivity contribution in [3.8, 4) is 39.1 Å². The van der Waals surface area contributed by atoms with Crippen LogP contribution in [0.2, 0.25) is 0 Å². The molecule has 0 saturated carbocycles. The first-order chi connectivity index (χ1) is 35.1. The zero-order valence-corrected chi connectivity index (χ0v) is 39.4. The van der Waals surface area contributed by atoms with Crippen molar-refractivity contribution in [1.29, 1.82) is 0 Å². The highest BCUT2D eigenvalue weighted by atomic mass is 15.2. The summed E-state index contributed by atoms with van der Waals surface area (Å²) in [5.41, 5.74) is 21.9. The van der Waals surface area contributed by atoms with Gasteiger partial charge in [0.1, 0.15) is 0 Å². The van der Waals surface area contributed by atoms with Crippen molar-refractivity contribution in [2.45, 2.75) is 17.8 Å². The molecule has 1 unspecified atom stereocenters. The Morgan fingerprint density at radius 2 is 0.775 bits per heavy atom. The predicted octanol–water partition coefficient (Wildman–Crippen LogP) is 17.6. The van der Waals surface area contributed by atoms with Crippen LogP contribution in [0.25, 0.3) is 60.9 Å². The summed E-state index contributed by atoms with van der Waals surface area (Å²) in [5, 5.41) is 2.52. The van der Waals surface area contributed by atoms with Crippen molar-refractivity contribution < 1.29 is 0 Å². The van der Waals surface area contributed by atoms with Gasteiger partial charge in [0.25, 0.3) is 0 Å². The fourth-order valence-electron chi connectivity index (χ4n) is 12.5. The maximum absolute atomic E-state index is 2.56. The van der Waals surface area contributed by atoms with Crippen molar-refractivity contribution in [3.63, 3.8) is 0 Å². The van der Waals surface area contributed by atoms with E-state index in [1.165, 1.54) is 99.8 Å². The molecule has 1 aromatic heterocycles. The minimum atomic E-state index is -0.679. The molecule has 2 nitrogen and oxygen atoms in total. The zero-order chi connectivity index (χ0) is 47.1. The Morgan fingerprint density at radius 1 is 0.310 bits per heavy atom. The lowest BCUT2D eigenvalue weighted by molar-refractivity contribution is 0.712. The first kappa shape index (κ1) is 41.0. The highest BCUT2D eigenvalue weighted by Gasteiger charge is 2.48. The molecular formula is C69H48N2. The molecule has 2 heterocycles. The van der Waals surface area contributed by atoms with Gasteiger partial charge in [0, 0.05) is 27.4 Å². The van der Waals surface area contributed by atoms with Gasteiger partial charge in [-0.25, -0.2) is 0 Å². The molecule has 2 aliphatic rings. The van der Waals surface area contributed by atoms with Gasteiger partial charge in [-0.3, -0.25) is 0 Å². The van der Waals surface area contributed by atoms with E-state index in [-0.39, 0.29) is 0 Å². The third-order valence-electron chi connectivity index (χ3n) is 15.7. The monoisotopic (exact) mass is 904 g/mol. The van der Waals surface area contributed by atoms with Crippen LogP contribution in [0, 0.1) is 0 Å². The van der Waals surface area contributed by atoms with E-state index in [9.17, 15) is 0 Å². The fourth-order valence-corrected chi connectivity index (χ4v) is 12.5. The number of hydrogen-bond acceptors (Lipinski definition) is 1. The maximum atomic E-state index is 2.56. The third kappa shape index (κ3) is 6.01. The van der Waals surface area contributed by atoms with Crippen LogP contribution in [-0.4, -0.2) is 4.57 Å². The van der Waals surface area contributed by atoms with Crippen molar-refractivity contribution >= 4 is 38.9 Å². The summed E-state index contributed by atoms with van der Waals surface area (Å²) in [7, 11) is 0. The molecule has 71 heavy (non-hydrogen) atoms. The van der Waals surface area contributed by atoms with Crippen molar-refractivity contribution in [2.24, 2.45) is 0 Å². The quantitative estimate of drug-likeness (QED) is 0.155. The molecule has 0 fully saturated rings. The van der Waals surface area contributed by atoms with Gasteiger partial charge < -0.3 is 9.47 Å². The molecule has 0 amide bonds. The molecular weight excluding hydrogens is 857 g/mol. The van der Waals surface area contributed by atoms with Crippen LogP contribution in [0.15, 0.2) is 273 Å². The second kappa shape index (κ2) is 16.1. The molecule has 1 aliphatic heterocycles. The van der Waals surface area contributed by atoms with E-state index >= 15 is 0 Å². The maximum Gasteiger partial charge on any atom is 0.0742 e. The summed E-state index contributed by atoms with van der Waals surface area (Å²) < 4.78 is 2.50. The lowest BCUT2D eigenvalue weighted by atomic mass is 9.61. The van der Waals surface area contributed by atoms with Crippen LogP contribution in [0.4, 0.5) is 17.1 Å². The van der Waals surface area contributed by atoms with Gasteiger partial charge in [-0.15, -0.1) is 0 Å². The number of anilines is 3. The number of nitrogens with zero attached hydrogens (tertiary/aromatic N) is 2. The number of rotatable bonds is 7. The van der Waals surface area contributed by atoms with Crippen molar-refractivity contribution in [1.82, 2.24) is 4.57 Å².